The van der Waals surface area contributed by atoms with Crippen molar-refractivity contribution >= 4 is 39.4 Å². The summed E-state index contributed by atoms with van der Waals surface area (Å²) in [5, 5.41) is 3.31. The van der Waals surface area contributed by atoms with Crippen molar-refractivity contribution in [2.45, 2.75) is 13.8 Å². The van der Waals surface area contributed by atoms with Gasteiger partial charge in [0, 0.05) is 11.0 Å². The normalized spacial score (nSPS) is 11.7. The third-order valence-corrected chi connectivity index (χ3v) is 3.90. The molecule has 0 atom stereocenters. The number of hydrogen-bond donors (Lipinski definition) is 1. The van der Waals surface area contributed by atoms with Gasteiger partial charge in [0.15, 0.2) is 0 Å². The van der Waals surface area contributed by atoms with Gasteiger partial charge in [-0.3, -0.25) is 4.79 Å². The Morgan fingerprint density at radius 3 is 2.55 bits per heavy atom. The SMILES string of the molecule is CCN/C(SC)=C(\C(=O)OCC)C(=O)c1ccc(Br)cc1F. The highest BCUT2D eigenvalue weighted by molar-refractivity contribution is 9.10. The quantitative estimate of drug-likeness (QED) is 0.254. The molecule has 1 rings (SSSR count). The number of rotatable bonds is 7. The van der Waals surface area contributed by atoms with E-state index in [1.165, 1.54) is 23.9 Å². The Morgan fingerprint density at radius 1 is 1.36 bits per heavy atom. The fourth-order valence-corrected chi connectivity index (χ4v) is 2.73. The van der Waals surface area contributed by atoms with Crippen LogP contribution < -0.4 is 5.32 Å². The van der Waals surface area contributed by atoms with Crippen LogP contribution in [0, 0.1) is 5.82 Å². The van der Waals surface area contributed by atoms with E-state index in [0.29, 0.717) is 16.0 Å². The Hall–Kier alpha value is -1.34. The first kappa shape index (κ1) is 18.7. The van der Waals surface area contributed by atoms with Crippen molar-refractivity contribution < 1.29 is 18.7 Å². The number of hydrogen-bond acceptors (Lipinski definition) is 5. The Kier molecular flexibility index (Phi) is 7.61. The second-order valence-corrected chi connectivity index (χ2v) is 5.84. The van der Waals surface area contributed by atoms with Crippen LogP contribution in [-0.4, -0.2) is 31.2 Å². The molecule has 0 amide bonds. The molecule has 22 heavy (non-hydrogen) atoms. The molecular weight excluding hydrogens is 373 g/mol. The number of esters is 1. The molecule has 0 aliphatic heterocycles. The first-order chi connectivity index (χ1) is 10.5. The van der Waals surface area contributed by atoms with Gasteiger partial charge < -0.3 is 10.1 Å². The molecule has 0 bridgehead atoms. The van der Waals surface area contributed by atoms with Gasteiger partial charge in [-0.25, -0.2) is 9.18 Å². The van der Waals surface area contributed by atoms with Gasteiger partial charge in [0.05, 0.1) is 17.2 Å². The lowest BCUT2D eigenvalue weighted by Crippen LogP contribution is -2.24. The van der Waals surface area contributed by atoms with Gasteiger partial charge >= 0.3 is 5.97 Å². The van der Waals surface area contributed by atoms with Gasteiger partial charge in [0.25, 0.3) is 0 Å². The molecular formula is C15H17BrFNO3S. The van der Waals surface area contributed by atoms with E-state index >= 15 is 0 Å². The van der Waals surface area contributed by atoms with Crippen LogP contribution >= 0.6 is 27.7 Å². The summed E-state index contributed by atoms with van der Waals surface area (Å²) in [6.45, 7) is 4.14. The molecule has 0 spiro atoms. The van der Waals surface area contributed by atoms with Crippen molar-refractivity contribution in [3.8, 4) is 0 Å². The molecule has 0 saturated carbocycles. The lowest BCUT2D eigenvalue weighted by atomic mass is 10.0. The van der Waals surface area contributed by atoms with Crippen molar-refractivity contribution in [3.63, 3.8) is 0 Å². The maximum absolute atomic E-state index is 14.0. The molecule has 0 saturated heterocycles. The molecule has 0 aliphatic rings. The van der Waals surface area contributed by atoms with Gasteiger partial charge in [0.2, 0.25) is 5.78 Å². The average molecular weight is 390 g/mol. The zero-order valence-corrected chi connectivity index (χ0v) is 14.9. The predicted octanol–water partition coefficient (Wildman–Crippen LogP) is 3.52. The zero-order valence-electron chi connectivity index (χ0n) is 12.5. The lowest BCUT2D eigenvalue weighted by molar-refractivity contribution is -0.138. The highest BCUT2D eigenvalue weighted by Crippen LogP contribution is 2.23. The summed E-state index contributed by atoms with van der Waals surface area (Å²) in [5.41, 5.74) is -0.354. The van der Waals surface area contributed by atoms with Crippen LogP contribution in [0.3, 0.4) is 0 Å². The molecule has 0 aromatic heterocycles. The maximum atomic E-state index is 14.0. The lowest BCUT2D eigenvalue weighted by Gasteiger charge is -2.13. The Bertz CT molecular complexity index is 604. The molecule has 1 aromatic carbocycles. The van der Waals surface area contributed by atoms with E-state index in [1.54, 1.807) is 19.2 Å². The zero-order chi connectivity index (χ0) is 16.7. The number of ketones is 1. The highest BCUT2D eigenvalue weighted by atomic mass is 79.9. The fraction of sp³-hybridized carbons (Fsp3) is 0.333. The summed E-state index contributed by atoms with van der Waals surface area (Å²) in [5.74, 6) is -2.16. The summed E-state index contributed by atoms with van der Waals surface area (Å²) >= 11 is 4.34. The van der Waals surface area contributed by atoms with Crippen LogP contribution in [0.15, 0.2) is 33.3 Å². The minimum absolute atomic E-state index is 0.131. The van der Waals surface area contributed by atoms with E-state index in [0.717, 1.165) is 0 Å². The third kappa shape index (κ3) is 4.58. The van der Waals surface area contributed by atoms with Crippen LogP contribution in [0.4, 0.5) is 4.39 Å². The summed E-state index contributed by atoms with van der Waals surface area (Å²) < 4.78 is 19.5. The van der Waals surface area contributed by atoms with Crippen LogP contribution in [0.1, 0.15) is 24.2 Å². The molecule has 1 aromatic rings. The van der Waals surface area contributed by atoms with Gasteiger partial charge in [0.1, 0.15) is 11.4 Å². The summed E-state index contributed by atoms with van der Waals surface area (Å²) in [4.78, 5) is 24.7. The van der Waals surface area contributed by atoms with Gasteiger partial charge in [-0.2, -0.15) is 0 Å². The standard InChI is InChI=1S/C15H17BrFNO3S/c1-4-18-14(22-3)12(15(20)21-5-2)13(19)10-7-6-9(16)8-11(10)17/h6-8,18H,4-5H2,1-3H3/b14-12+. The topological polar surface area (TPSA) is 55.4 Å². The van der Waals surface area contributed by atoms with Gasteiger partial charge in [-0.15, -0.1) is 11.8 Å². The Morgan fingerprint density at radius 2 is 2.05 bits per heavy atom. The van der Waals surface area contributed by atoms with Crippen LogP contribution in [-0.2, 0) is 9.53 Å². The van der Waals surface area contributed by atoms with E-state index in [-0.39, 0.29) is 17.7 Å². The number of benzene rings is 1. The van der Waals surface area contributed by atoms with Gasteiger partial charge in [-0.05, 0) is 38.3 Å². The van der Waals surface area contributed by atoms with Crippen molar-refractivity contribution in [3.05, 3.63) is 44.7 Å². The Balaban J connectivity index is 3.37. The van der Waals surface area contributed by atoms with Gasteiger partial charge in [-0.1, -0.05) is 15.9 Å². The van der Waals surface area contributed by atoms with Crippen molar-refractivity contribution in [1.82, 2.24) is 5.32 Å². The van der Waals surface area contributed by atoms with Crippen LogP contribution in [0.5, 0.6) is 0 Å². The molecule has 0 heterocycles. The monoisotopic (exact) mass is 389 g/mol. The predicted molar refractivity (Wildman–Crippen MR) is 89.3 cm³/mol. The summed E-state index contributed by atoms with van der Waals surface area (Å²) in [7, 11) is 0. The van der Waals surface area contributed by atoms with E-state index in [4.69, 9.17) is 4.74 Å². The molecule has 7 heteroatoms. The van der Waals surface area contributed by atoms with Crippen LogP contribution in [0.25, 0.3) is 0 Å². The van der Waals surface area contributed by atoms with E-state index in [9.17, 15) is 14.0 Å². The fourth-order valence-electron chi connectivity index (χ4n) is 1.72. The van der Waals surface area contributed by atoms with E-state index in [1.807, 2.05) is 6.92 Å². The Labute approximate surface area is 141 Å². The van der Waals surface area contributed by atoms with Crippen LogP contribution in [0.2, 0.25) is 0 Å². The molecule has 0 radical (unpaired) electrons. The highest BCUT2D eigenvalue weighted by Gasteiger charge is 2.27. The van der Waals surface area contributed by atoms with E-state index < -0.39 is 17.6 Å². The number of carbonyl (C=O) groups is 2. The largest absolute Gasteiger partial charge is 0.462 e. The second-order valence-electron chi connectivity index (χ2n) is 4.11. The summed E-state index contributed by atoms with van der Waals surface area (Å²) in [6, 6.07) is 4.07. The minimum Gasteiger partial charge on any atom is -0.462 e. The molecule has 0 aliphatic carbocycles. The number of thioether (sulfide) groups is 1. The average Bonchev–Trinajstić information content (AvgIpc) is 2.46. The third-order valence-electron chi connectivity index (χ3n) is 2.65. The molecule has 4 nitrogen and oxygen atoms in total. The number of carbonyl (C=O) groups excluding carboxylic acids is 2. The molecule has 0 unspecified atom stereocenters. The number of nitrogens with one attached hydrogen (secondary N) is 1. The van der Waals surface area contributed by atoms with E-state index in [2.05, 4.69) is 21.2 Å². The molecule has 120 valence electrons. The number of Topliss-reactive ketones (excluding diaryl/α,β-unsaturated/α-hetero) is 1. The minimum atomic E-state index is -0.764. The van der Waals surface area contributed by atoms with Crippen molar-refractivity contribution in [1.29, 1.82) is 0 Å². The maximum Gasteiger partial charge on any atom is 0.344 e. The second kappa shape index (κ2) is 8.95. The number of ether oxygens (including phenoxy) is 1. The molecule has 1 N–H and O–H groups in total. The smallest absolute Gasteiger partial charge is 0.344 e. The first-order valence-electron chi connectivity index (χ1n) is 6.65. The van der Waals surface area contributed by atoms with Crippen molar-refractivity contribution in [2.24, 2.45) is 0 Å². The van der Waals surface area contributed by atoms with Crippen molar-refractivity contribution in [2.75, 3.05) is 19.4 Å². The number of halogens is 2. The molecule has 0 fully saturated rings. The summed E-state index contributed by atoms with van der Waals surface area (Å²) in [6.07, 6.45) is 1.72. The first-order valence-corrected chi connectivity index (χ1v) is 8.66.